The van der Waals surface area contributed by atoms with Crippen LogP contribution in [0.2, 0.25) is 0 Å². The topological polar surface area (TPSA) is 96.6 Å². The Balaban J connectivity index is 2.33. The summed E-state index contributed by atoms with van der Waals surface area (Å²) in [5, 5.41) is 3.20. The van der Waals surface area contributed by atoms with Gasteiger partial charge in [-0.1, -0.05) is 25.7 Å². The Bertz CT molecular complexity index is 399. The van der Waals surface area contributed by atoms with E-state index in [4.69, 9.17) is 5.73 Å². The maximum absolute atomic E-state index is 11.6. The number of guanidine groups is 1. The van der Waals surface area contributed by atoms with Crippen LogP contribution in [-0.2, 0) is 10.0 Å². The molecule has 0 radical (unpaired) electrons. The van der Waals surface area contributed by atoms with E-state index in [1.54, 1.807) is 13.8 Å². The molecule has 20 heavy (non-hydrogen) atoms. The molecule has 1 rings (SSSR count). The predicted octanol–water partition coefficient (Wildman–Crippen LogP) is 0.941. The highest BCUT2D eigenvalue weighted by Crippen LogP contribution is 2.16. The molecule has 0 aromatic rings. The molecule has 7 heteroatoms. The highest BCUT2D eigenvalue weighted by atomic mass is 32.2. The summed E-state index contributed by atoms with van der Waals surface area (Å²) in [6, 6.07) is 0.289. The van der Waals surface area contributed by atoms with E-state index in [9.17, 15) is 8.42 Å². The van der Waals surface area contributed by atoms with Gasteiger partial charge < -0.3 is 11.1 Å². The minimum atomic E-state index is -3.26. The molecule has 0 amide bonds. The van der Waals surface area contributed by atoms with E-state index in [2.05, 4.69) is 15.0 Å². The molecule has 0 unspecified atom stereocenters. The minimum Gasteiger partial charge on any atom is -0.370 e. The van der Waals surface area contributed by atoms with Crippen molar-refractivity contribution >= 4 is 16.0 Å². The van der Waals surface area contributed by atoms with Gasteiger partial charge in [-0.2, -0.15) is 0 Å². The molecule has 1 fully saturated rings. The normalized spacial score (nSPS) is 19.1. The first-order chi connectivity index (χ1) is 9.39. The largest absolute Gasteiger partial charge is 0.370 e. The van der Waals surface area contributed by atoms with Crippen LogP contribution in [0.1, 0.15) is 52.4 Å². The first-order valence-electron chi connectivity index (χ1n) is 7.45. The van der Waals surface area contributed by atoms with E-state index in [-0.39, 0.29) is 18.3 Å². The zero-order chi connectivity index (χ0) is 15.0. The van der Waals surface area contributed by atoms with Crippen molar-refractivity contribution in [1.29, 1.82) is 0 Å². The molecule has 118 valence electrons. The lowest BCUT2D eigenvalue weighted by molar-refractivity contribution is 0.530. The van der Waals surface area contributed by atoms with Crippen molar-refractivity contribution in [2.75, 3.05) is 12.3 Å². The average Bonchev–Trinajstić information content (AvgIpc) is 2.55. The van der Waals surface area contributed by atoms with Crippen molar-refractivity contribution in [2.45, 2.75) is 64.5 Å². The summed E-state index contributed by atoms with van der Waals surface area (Å²) >= 11 is 0. The summed E-state index contributed by atoms with van der Waals surface area (Å²) in [6.07, 6.45) is 7.24. The molecule has 1 aliphatic rings. The Kier molecular flexibility index (Phi) is 7.29. The molecule has 1 aliphatic carbocycles. The van der Waals surface area contributed by atoms with Crippen LogP contribution in [0.5, 0.6) is 0 Å². The van der Waals surface area contributed by atoms with Crippen LogP contribution in [0.25, 0.3) is 0 Å². The number of rotatable bonds is 6. The van der Waals surface area contributed by atoms with Gasteiger partial charge in [0.15, 0.2) is 5.96 Å². The van der Waals surface area contributed by atoms with E-state index in [1.807, 2.05) is 0 Å². The van der Waals surface area contributed by atoms with E-state index in [1.165, 1.54) is 25.7 Å². The predicted molar refractivity (Wildman–Crippen MR) is 83.2 cm³/mol. The molecule has 6 nitrogen and oxygen atoms in total. The molecule has 0 aromatic carbocycles. The molecule has 0 spiro atoms. The number of hydrogen-bond donors (Lipinski definition) is 3. The highest BCUT2D eigenvalue weighted by Gasteiger charge is 2.13. The van der Waals surface area contributed by atoms with Crippen LogP contribution in [0.4, 0.5) is 0 Å². The molecule has 1 saturated carbocycles. The lowest BCUT2D eigenvalue weighted by Crippen LogP contribution is -2.40. The molecular formula is C13H28N4O2S. The van der Waals surface area contributed by atoms with Crippen LogP contribution in [0, 0.1) is 0 Å². The molecule has 0 saturated heterocycles. The molecule has 0 atom stereocenters. The van der Waals surface area contributed by atoms with Crippen LogP contribution >= 0.6 is 0 Å². The summed E-state index contributed by atoms with van der Waals surface area (Å²) in [5.41, 5.74) is 5.81. The fourth-order valence-corrected chi connectivity index (χ4v) is 3.55. The molecule has 0 bridgehead atoms. The van der Waals surface area contributed by atoms with Gasteiger partial charge in [-0.05, 0) is 26.7 Å². The number of nitrogens with two attached hydrogens (primary N) is 1. The number of sulfonamides is 1. The minimum absolute atomic E-state index is 0.0295. The Labute approximate surface area is 122 Å². The Morgan fingerprint density at radius 1 is 1.25 bits per heavy atom. The van der Waals surface area contributed by atoms with Gasteiger partial charge in [0.05, 0.1) is 12.3 Å². The van der Waals surface area contributed by atoms with Crippen LogP contribution in [0.15, 0.2) is 4.99 Å². The maximum atomic E-state index is 11.6. The Morgan fingerprint density at radius 3 is 2.40 bits per heavy atom. The SMILES string of the molecule is CC(C)NS(=O)(=O)CCN=C(N)NC1CCCCCC1. The number of aliphatic imine (C=N–C) groups is 1. The van der Waals surface area contributed by atoms with Gasteiger partial charge >= 0.3 is 0 Å². The third kappa shape index (κ3) is 7.69. The van der Waals surface area contributed by atoms with Crippen molar-refractivity contribution in [3.8, 4) is 0 Å². The van der Waals surface area contributed by atoms with Crippen molar-refractivity contribution in [1.82, 2.24) is 10.0 Å². The van der Waals surface area contributed by atoms with Gasteiger partial charge in [0.25, 0.3) is 0 Å². The fourth-order valence-electron chi connectivity index (χ4n) is 2.38. The van der Waals surface area contributed by atoms with Gasteiger partial charge in [0.1, 0.15) is 0 Å². The maximum Gasteiger partial charge on any atom is 0.213 e. The fraction of sp³-hybridized carbons (Fsp3) is 0.923. The molecule has 4 N–H and O–H groups in total. The highest BCUT2D eigenvalue weighted by molar-refractivity contribution is 7.89. The summed E-state index contributed by atoms with van der Waals surface area (Å²) < 4.78 is 25.8. The third-order valence-corrected chi connectivity index (χ3v) is 4.82. The Morgan fingerprint density at radius 2 is 1.85 bits per heavy atom. The average molecular weight is 304 g/mol. The van der Waals surface area contributed by atoms with Crippen LogP contribution in [0.3, 0.4) is 0 Å². The zero-order valence-electron chi connectivity index (χ0n) is 12.6. The summed E-state index contributed by atoms with van der Waals surface area (Å²) in [7, 11) is -3.26. The van der Waals surface area contributed by atoms with Crippen molar-refractivity contribution in [3.05, 3.63) is 0 Å². The second kappa shape index (κ2) is 8.46. The van der Waals surface area contributed by atoms with E-state index in [0.29, 0.717) is 12.0 Å². The smallest absolute Gasteiger partial charge is 0.213 e. The molecule has 0 heterocycles. The van der Waals surface area contributed by atoms with Gasteiger partial charge in [-0.3, -0.25) is 4.99 Å². The molecule has 0 aliphatic heterocycles. The second-order valence-electron chi connectivity index (χ2n) is 5.69. The van der Waals surface area contributed by atoms with Gasteiger partial charge in [0.2, 0.25) is 10.0 Å². The zero-order valence-corrected chi connectivity index (χ0v) is 13.4. The first-order valence-corrected chi connectivity index (χ1v) is 9.11. The Hall–Kier alpha value is -0.820. The monoisotopic (exact) mass is 304 g/mol. The molecular weight excluding hydrogens is 276 g/mol. The second-order valence-corrected chi connectivity index (χ2v) is 7.56. The summed E-state index contributed by atoms with van der Waals surface area (Å²) in [4.78, 5) is 4.11. The number of nitrogens with one attached hydrogen (secondary N) is 2. The van der Waals surface area contributed by atoms with Crippen molar-refractivity contribution in [2.24, 2.45) is 10.7 Å². The quantitative estimate of drug-likeness (QED) is 0.386. The van der Waals surface area contributed by atoms with Gasteiger partial charge in [-0.25, -0.2) is 13.1 Å². The van der Waals surface area contributed by atoms with Crippen molar-refractivity contribution in [3.63, 3.8) is 0 Å². The summed E-state index contributed by atoms with van der Waals surface area (Å²) in [5.74, 6) is 0.328. The number of nitrogens with zero attached hydrogens (tertiary/aromatic N) is 1. The van der Waals surface area contributed by atoms with Gasteiger partial charge in [-0.15, -0.1) is 0 Å². The van der Waals surface area contributed by atoms with E-state index in [0.717, 1.165) is 12.8 Å². The number of hydrogen-bond acceptors (Lipinski definition) is 3. The van der Waals surface area contributed by atoms with Gasteiger partial charge in [0, 0.05) is 12.1 Å². The van der Waals surface area contributed by atoms with E-state index < -0.39 is 10.0 Å². The van der Waals surface area contributed by atoms with Crippen LogP contribution < -0.4 is 15.8 Å². The summed E-state index contributed by atoms with van der Waals surface area (Å²) in [6.45, 7) is 3.78. The lowest BCUT2D eigenvalue weighted by Gasteiger charge is -2.16. The van der Waals surface area contributed by atoms with Crippen molar-refractivity contribution < 1.29 is 8.42 Å². The third-order valence-electron chi connectivity index (χ3n) is 3.26. The standard InChI is InChI=1S/C13H28N4O2S/c1-11(2)17-20(18,19)10-9-15-13(14)16-12-7-5-3-4-6-8-12/h11-12,17H,3-10H2,1-2H3,(H3,14,15,16). The molecule has 0 aromatic heterocycles. The van der Waals surface area contributed by atoms with Crippen LogP contribution in [-0.4, -0.2) is 38.8 Å². The first kappa shape index (κ1) is 17.2. The lowest BCUT2D eigenvalue weighted by atomic mass is 10.1. The van der Waals surface area contributed by atoms with E-state index >= 15 is 0 Å².